The summed E-state index contributed by atoms with van der Waals surface area (Å²) in [5, 5.41) is 9.83. The Morgan fingerprint density at radius 3 is 1.58 bits per heavy atom. The highest BCUT2D eigenvalue weighted by molar-refractivity contribution is 5.90. The zero-order valence-electron chi connectivity index (χ0n) is 20.4. The van der Waals surface area contributed by atoms with Crippen LogP contribution in [0.25, 0.3) is 0 Å². The van der Waals surface area contributed by atoms with E-state index in [2.05, 4.69) is 4.89 Å². The number of esters is 3. The number of ether oxygens (including phenoxy) is 5. The molecule has 10 nitrogen and oxygen atoms in total. The molecule has 1 N–H and O–H groups in total. The van der Waals surface area contributed by atoms with Crippen molar-refractivity contribution in [2.45, 2.75) is 30.7 Å². The predicted octanol–water partition coefficient (Wildman–Crippen LogP) is 3.52. The molecule has 0 unspecified atom stereocenters. The van der Waals surface area contributed by atoms with E-state index in [1.165, 1.54) is 19.2 Å². The van der Waals surface area contributed by atoms with Crippen LogP contribution in [-0.4, -0.2) is 67.6 Å². The van der Waals surface area contributed by atoms with Gasteiger partial charge in [-0.3, -0.25) is 5.26 Å². The molecule has 0 aliphatic carbocycles. The van der Waals surface area contributed by atoms with Crippen LogP contribution in [0.3, 0.4) is 0 Å². The molecule has 0 bridgehead atoms. The highest BCUT2D eigenvalue weighted by atomic mass is 17.1. The van der Waals surface area contributed by atoms with E-state index in [1.54, 1.807) is 78.9 Å². The average molecular weight is 523 g/mol. The lowest BCUT2D eigenvalue weighted by Gasteiger charge is -2.43. The van der Waals surface area contributed by atoms with E-state index in [9.17, 15) is 19.6 Å². The van der Waals surface area contributed by atoms with Gasteiger partial charge < -0.3 is 23.7 Å². The van der Waals surface area contributed by atoms with Crippen molar-refractivity contribution in [1.29, 1.82) is 0 Å². The maximum atomic E-state index is 13.0. The largest absolute Gasteiger partial charge is 0.459 e. The zero-order valence-corrected chi connectivity index (χ0v) is 20.4. The number of carbonyl (C=O) groups is 3. The Morgan fingerprint density at radius 1 is 0.684 bits per heavy atom. The van der Waals surface area contributed by atoms with Gasteiger partial charge in [-0.2, -0.15) is 0 Å². The van der Waals surface area contributed by atoms with Crippen molar-refractivity contribution in [3.05, 3.63) is 108 Å². The summed E-state index contributed by atoms with van der Waals surface area (Å²) in [5.74, 6) is -2.15. The predicted molar refractivity (Wildman–Crippen MR) is 131 cm³/mol. The minimum absolute atomic E-state index is 0.213. The molecular weight excluding hydrogens is 496 g/mol. The molecule has 38 heavy (non-hydrogen) atoms. The SMILES string of the molecule is CO[C@H]1O[C@H](COC(=O)c2ccccc2)[C@@H](OO)[C@H](OC(=O)c2ccccc2)[C@H]1OC(=O)c1ccccc1. The van der Waals surface area contributed by atoms with Crippen molar-refractivity contribution in [3.8, 4) is 0 Å². The Kier molecular flexibility index (Phi) is 9.17. The van der Waals surface area contributed by atoms with Crippen LogP contribution < -0.4 is 0 Å². The van der Waals surface area contributed by atoms with E-state index in [0.29, 0.717) is 5.56 Å². The van der Waals surface area contributed by atoms with Crippen molar-refractivity contribution in [3.63, 3.8) is 0 Å². The third-order valence-electron chi connectivity index (χ3n) is 5.84. The van der Waals surface area contributed by atoms with Crippen molar-refractivity contribution >= 4 is 17.9 Å². The molecule has 1 fully saturated rings. The van der Waals surface area contributed by atoms with Gasteiger partial charge in [-0.15, -0.1) is 0 Å². The first-order valence-corrected chi connectivity index (χ1v) is 11.7. The Balaban J connectivity index is 1.59. The molecular formula is C28H26O10. The van der Waals surface area contributed by atoms with Crippen LogP contribution in [0, 0.1) is 0 Å². The third kappa shape index (κ3) is 6.42. The quantitative estimate of drug-likeness (QED) is 0.193. The molecule has 0 amide bonds. The Morgan fingerprint density at radius 2 is 1.13 bits per heavy atom. The van der Waals surface area contributed by atoms with E-state index < -0.39 is 55.2 Å². The molecule has 1 aliphatic rings. The van der Waals surface area contributed by atoms with E-state index in [0.717, 1.165) is 0 Å². The molecule has 198 valence electrons. The number of hydrogen-bond donors (Lipinski definition) is 1. The number of methoxy groups -OCH3 is 1. The molecule has 0 aromatic heterocycles. The molecule has 0 radical (unpaired) electrons. The number of rotatable bonds is 9. The molecule has 1 saturated heterocycles. The summed E-state index contributed by atoms with van der Waals surface area (Å²) in [5.41, 5.74) is 0.746. The second-order valence-corrected chi connectivity index (χ2v) is 8.29. The second kappa shape index (κ2) is 12.9. The van der Waals surface area contributed by atoms with Gasteiger partial charge in [0.05, 0.1) is 16.7 Å². The highest BCUT2D eigenvalue weighted by Crippen LogP contribution is 2.30. The van der Waals surface area contributed by atoms with Gasteiger partial charge in [-0.05, 0) is 36.4 Å². The molecule has 10 heteroatoms. The van der Waals surface area contributed by atoms with Gasteiger partial charge in [0.2, 0.25) is 0 Å². The van der Waals surface area contributed by atoms with Crippen LogP contribution >= 0.6 is 0 Å². The normalized spacial score (nSPS) is 22.7. The van der Waals surface area contributed by atoms with Gasteiger partial charge in [0.15, 0.2) is 24.6 Å². The van der Waals surface area contributed by atoms with Gasteiger partial charge in [-0.25, -0.2) is 19.3 Å². The standard InChI is InChI=1S/C28H26O10/c1-33-28-24(37-27(31)20-15-9-4-10-16-20)23(36-26(30)19-13-7-3-8-14-19)22(38-32)21(35-28)17-34-25(29)18-11-5-2-6-12-18/h2-16,21-24,28,32H,17H2,1H3/t21-,22-,23+,24-,28+/m1/s1. The number of carbonyl (C=O) groups excluding carboxylic acids is 3. The summed E-state index contributed by atoms with van der Waals surface area (Å²) in [7, 11) is 1.30. The monoisotopic (exact) mass is 522 g/mol. The van der Waals surface area contributed by atoms with E-state index in [4.69, 9.17) is 23.7 Å². The minimum atomic E-state index is -1.41. The van der Waals surface area contributed by atoms with Crippen LogP contribution in [0.15, 0.2) is 91.0 Å². The summed E-state index contributed by atoms with van der Waals surface area (Å²) < 4.78 is 27.9. The fourth-order valence-corrected chi connectivity index (χ4v) is 3.94. The molecule has 5 atom stereocenters. The fourth-order valence-electron chi connectivity index (χ4n) is 3.94. The summed E-state index contributed by atoms with van der Waals surface area (Å²) >= 11 is 0. The third-order valence-corrected chi connectivity index (χ3v) is 5.84. The lowest BCUT2D eigenvalue weighted by atomic mass is 9.98. The lowest BCUT2D eigenvalue weighted by Crippen LogP contribution is -2.62. The summed E-state index contributed by atoms with van der Waals surface area (Å²) in [6.45, 7) is -0.391. The van der Waals surface area contributed by atoms with Gasteiger partial charge in [0, 0.05) is 7.11 Å². The molecule has 1 heterocycles. The Hall–Kier alpha value is -4.09. The molecule has 3 aromatic carbocycles. The van der Waals surface area contributed by atoms with Crippen LogP contribution in [-0.2, 0) is 28.6 Å². The van der Waals surface area contributed by atoms with Gasteiger partial charge in [-0.1, -0.05) is 54.6 Å². The molecule has 1 aliphatic heterocycles. The Labute approximate surface area is 218 Å². The van der Waals surface area contributed by atoms with Crippen LogP contribution in [0.2, 0.25) is 0 Å². The minimum Gasteiger partial charge on any atom is -0.459 e. The van der Waals surface area contributed by atoms with E-state index in [1.807, 2.05) is 0 Å². The highest BCUT2D eigenvalue weighted by Gasteiger charge is 2.52. The maximum absolute atomic E-state index is 13.0. The van der Waals surface area contributed by atoms with Crippen LogP contribution in [0.5, 0.6) is 0 Å². The lowest BCUT2D eigenvalue weighted by molar-refractivity contribution is -0.371. The molecule has 4 rings (SSSR count). The first-order valence-electron chi connectivity index (χ1n) is 11.7. The van der Waals surface area contributed by atoms with Gasteiger partial charge in [0.25, 0.3) is 0 Å². The van der Waals surface area contributed by atoms with Crippen LogP contribution in [0.1, 0.15) is 31.1 Å². The molecule has 3 aromatic rings. The van der Waals surface area contributed by atoms with Crippen molar-refractivity contribution in [2.75, 3.05) is 13.7 Å². The van der Waals surface area contributed by atoms with Crippen molar-refractivity contribution in [2.24, 2.45) is 0 Å². The smallest absolute Gasteiger partial charge is 0.338 e. The maximum Gasteiger partial charge on any atom is 0.338 e. The van der Waals surface area contributed by atoms with Crippen molar-refractivity contribution in [1.82, 2.24) is 0 Å². The molecule has 0 saturated carbocycles. The average Bonchev–Trinajstić information content (AvgIpc) is 2.97. The van der Waals surface area contributed by atoms with E-state index in [-0.39, 0.29) is 11.1 Å². The summed E-state index contributed by atoms with van der Waals surface area (Å²) in [6.07, 6.45) is -6.58. The van der Waals surface area contributed by atoms with Gasteiger partial charge in [0.1, 0.15) is 12.7 Å². The van der Waals surface area contributed by atoms with Crippen molar-refractivity contribution < 1.29 is 48.2 Å². The summed E-state index contributed by atoms with van der Waals surface area (Å²) in [4.78, 5) is 43.0. The first-order chi connectivity index (χ1) is 18.5. The molecule has 0 spiro atoms. The van der Waals surface area contributed by atoms with Gasteiger partial charge >= 0.3 is 17.9 Å². The Bertz CT molecular complexity index is 1200. The van der Waals surface area contributed by atoms with Crippen LogP contribution in [0.4, 0.5) is 0 Å². The second-order valence-electron chi connectivity index (χ2n) is 8.29. The first kappa shape index (κ1) is 27.0. The number of benzene rings is 3. The zero-order chi connectivity index (χ0) is 26.9. The van der Waals surface area contributed by atoms with E-state index >= 15 is 0 Å². The summed E-state index contributed by atoms with van der Waals surface area (Å²) in [6, 6.07) is 24.5. The topological polar surface area (TPSA) is 127 Å². The number of hydrogen-bond acceptors (Lipinski definition) is 10. The fraction of sp³-hybridized carbons (Fsp3) is 0.250.